The third-order valence-corrected chi connectivity index (χ3v) is 3.92. The molecule has 20 heavy (non-hydrogen) atoms. The van der Waals surface area contributed by atoms with E-state index in [-0.39, 0.29) is 17.3 Å². The van der Waals surface area contributed by atoms with E-state index in [0.717, 1.165) is 11.3 Å². The highest BCUT2D eigenvalue weighted by Gasteiger charge is 2.11. The highest BCUT2D eigenvalue weighted by Crippen LogP contribution is 2.16. The van der Waals surface area contributed by atoms with E-state index in [0.29, 0.717) is 6.54 Å². The molecule has 6 heteroatoms. The van der Waals surface area contributed by atoms with Gasteiger partial charge in [0.25, 0.3) is 5.91 Å². The van der Waals surface area contributed by atoms with E-state index in [4.69, 9.17) is 5.11 Å². The van der Waals surface area contributed by atoms with Crippen LogP contribution in [0.25, 0.3) is 0 Å². The fourth-order valence-electron chi connectivity index (χ4n) is 1.65. The molecule has 0 aliphatic heterocycles. The number of carboxylic acids is 1. The number of aromatic carboxylic acids is 1. The third-order valence-electron chi connectivity index (χ3n) is 2.69. The Hall–Kier alpha value is -2.21. The van der Waals surface area contributed by atoms with Gasteiger partial charge < -0.3 is 10.4 Å². The Morgan fingerprint density at radius 3 is 2.55 bits per heavy atom. The van der Waals surface area contributed by atoms with Gasteiger partial charge in [0.1, 0.15) is 11.4 Å². The van der Waals surface area contributed by atoms with Crippen LogP contribution >= 0.6 is 11.3 Å². The maximum absolute atomic E-state index is 11.9. The van der Waals surface area contributed by atoms with Crippen molar-refractivity contribution in [1.29, 1.82) is 0 Å². The van der Waals surface area contributed by atoms with Crippen LogP contribution in [0, 0.1) is 0 Å². The van der Waals surface area contributed by atoms with Gasteiger partial charge >= 0.3 is 5.97 Å². The number of pyridine rings is 1. The minimum Gasteiger partial charge on any atom is -0.477 e. The van der Waals surface area contributed by atoms with Gasteiger partial charge in [0, 0.05) is 9.75 Å². The van der Waals surface area contributed by atoms with Crippen LogP contribution in [0.15, 0.2) is 30.3 Å². The minimum absolute atomic E-state index is 0.108. The molecule has 0 saturated heterocycles. The molecule has 2 N–H and O–H groups in total. The quantitative estimate of drug-likeness (QED) is 0.885. The van der Waals surface area contributed by atoms with E-state index in [1.54, 1.807) is 11.3 Å². The normalized spacial score (nSPS) is 10.2. The summed E-state index contributed by atoms with van der Waals surface area (Å²) in [4.78, 5) is 28.8. The van der Waals surface area contributed by atoms with Crippen LogP contribution in [0.2, 0.25) is 0 Å². The second kappa shape index (κ2) is 6.29. The maximum atomic E-state index is 11.9. The average molecular weight is 290 g/mol. The Kier molecular flexibility index (Phi) is 4.47. The van der Waals surface area contributed by atoms with Crippen LogP contribution in [0.5, 0.6) is 0 Å². The van der Waals surface area contributed by atoms with Crippen LogP contribution in [0.4, 0.5) is 0 Å². The number of thiophene rings is 1. The molecule has 2 aromatic rings. The SMILES string of the molecule is CCc1ccc(CNC(=O)c2cccc(C(=O)O)n2)s1. The molecule has 2 rings (SSSR count). The third kappa shape index (κ3) is 3.42. The Labute approximate surface area is 120 Å². The topological polar surface area (TPSA) is 79.3 Å². The first-order chi connectivity index (χ1) is 9.60. The summed E-state index contributed by atoms with van der Waals surface area (Å²) in [6.07, 6.45) is 0.973. The number of hydrogen-bond donors (Lipinski definition) is 2. The van der Waals surface area contributed by atoms with Crippen molar-refractivity contribution in [3.63, 3.8) is 0 Å². The molecular weight excluding hydrogens is 276 g/mol. The van der Waals surface area contributed by atoms with Crippen molar-refractivity contribution >= 4 is 23.2 Å². The molecule has 104 valence electrons. The van der Waals surface area contributed by atoms with Crippen molar-refractivity contribution in [1.82, 2.24) is 10.3 Å². The first-order valence-electron chi connectivity index (χ1n) is 6.16. The molecule has 0 atom stereocenters. The summed E-state index contributed by atoms with van der Waals surface area (Å²) in [5, 5.41) is 11.6. The largest absolute Gasteiger partial charge is 0.477 e. The molecule has 5 nitrogen and oxygen atoms in total. The summed E-state index contributed by atoms with van der Waals surface area (Å²) in [6, 6.07) is 8.37. The number of aryl methyl sites for hydroxylation is 1. The van der Waals surface area contributed by atoms with Crippen LogP contribution in [0.1, 0.15) is 37.7 Å². The molecule has 0 aromatic carbocycles. The number of aromatic nitrogens is 1. The van der Waals surface area contributed by atoms with E-state index >= 15 is 0 Å². The zero-order chi connectivity index (χ0) is 14.5. The molecule has 2 heterocycles. The smallest absolute Gasteiger partial charge is 0.354 e. The number of amides is 1. The summed E-state index contributed by atoms with van der Waals surface area (Å²) in [6.45, 7) is 2.50. The first kappa shape index (κ1) is 14.2. The van der Waals surface area contributed by atoms with Crippen molar-refractivity contribution in [3.05, 3.63) is 51.5 Å². The Morgan fingerprint density at radius 1 is 1.20 bits per heavy atom. The molecule has 0 fully saturated rings. The van der Waals surface area contributed by atoms with Gasteiger partial charge in [-0.3, -0.25) is 4.79 Å². The predicted molar refractivity (Wildman–Crippen MR) is 76.1 cm³/mol. The molecule has 0 aliphatic carbocycles. The lowest BCUT2D eigenvalue weighted by Crippen LogP contribution is -2.24. The van der Waals surface area contributed by atoms with Gasteiger partial charge in [-0.25, -0.2) is 9.78 Å². The number of rotatable bonds is 5. The number of carboxylic acid groups (broad SMARTS) is 1. The van der Waals surface area contributed by atoms with Gasteiger partial charge in [-0.05, 0) is 30.7 Å². The zero-order valence-corrected chi connectivity index (χ0v) is 11.7. The summed E-state index contributed by atoms with van der Waals surface area (Å²) in [7, 11) is 0. The van der Waals surface area contributed by atoms with E-state index in [9.17, 15) is 9.59 Å². The average Bonchev–Trinajstić information content (AvgIpc) is 2.93. The van der Waals surface area contributed by atoms with Gasteiger partial charge in [-0.15, -0.1) is 11.3 Å². The molecule has 0 bridgehead atoms. The molecule has 1 amide bonds. The molecule has 0 unspecified atom stereocenters. The van der Waals surface area contributed by atoms with Gasteiger partial charge in [0.05, 0.1) is 6.54 Å². The van der Waals surface area contributed by atoms with Crippen molar-refractivity contribution in [2.45, 2.75) is 19.9 Å². The lowest BCUT2D eigenvalue weighted by atomic mass is 10.3. The van der Waals surface area contributed by atoms with Crippen LogP contribution < -0.4 is 5.32 Å². The lowest BCUT2D eigenvalue weighted by Gasteiger charge is -2.03. The van der Waals surface area contributed by atoms with Crippen molar-refractivity contribution in [3.8, 4) is 0 Å². The standard InChI is InChI=1S/C14H14N2O3S/c1-2-9-6-7-10(20-9)8-15-13(17)11-4-3-5-12(16-11)14(18)19/h3-7H,2,8H2,1H3,(H,15,17)(H,18,19). The monoisotopic (exact) mass is 290 g/mol. The van der Waals surface area contributed by atoms with E-state index in [1.807, 2.05) is 12.1 Å². The minimum atomic E-state index is -1.15. The Bertz CT molecular complexity index is 637. The summed E-state index contributed by atoms with van der Waals surface area (Å²) < 4.78 is 0. The fraction of sp³-hybridized carbons (Fsp3) is 0.214. The van der Waals surface area contributed by atoms with Crippen LogP contribution in [0.3, 0.4) is 0 Å². The molecule has 0 radical (unpaired) electrons. The van der Waals surface area contributed by atoms with Gasteiger partial charge in [0.15, 0.2) is 0 Å². The molecular formula is C14H14N2O3S. The fourth-order valence-corrected chi connectivity index (χ4v) is 2.54. The predicted octanol–water partition coefficient (Wildman–Crippen LogP) is 2.33. The Balaban J connectivity index is 2.01. The molecule has 0 saturated carbocycles. The number of nitrogens with one attached hydrogen (secondary N) is 1. The Morgan fingerprint density at radius 2 is 1.90 bits per heavy atom. The van der Waals surface area contributed by atoms with Crippen LogP contribution in [-0.4, -0.2) is 22.0 Å². The van der Waals surface area contributed by atoms with E-state index in [1.165, 1.54) is 23.1 Å². The summed E-state index contributed by atoms with van der Waals surface area (Å²) in [5.41, 5.74) is -0.0285. The highest BCUT2D eigenvalue weighted by molar-refractivity contribution is 7.11. The molecule has 2 aromatic heterocycles. The first-order valence-corrected chi connectivity index (χ1v) is 6.98. The zero-order valence-electron chi connectivity index (χ0n) is 10.9. The lowest BCUT2D eigenvalue weighted by molar-refractivity contribution is 0.0690. The number of hydrogen-bond acceptors (Lipinski definition) is 4. The number of nitrogens with zero attached hydrogens (tertiary/aromatic N) is 1. The summed E-state index contributed by atoms with van der Waals surface area (Å²) >= 11 is 1.65. The van der Waals surface area contributed by atoms with Gasteiger partial charge in [0.2, 0.25) is 0 Å². The second-order valence-corrected chi connectivity index (χ2v) is 5.37. The maximum Gasteiger partial charge on any atom is 0.354 e. The van der Waals surface area contributed by atoms with Crippen molar-refractivity contribution < 1.29 is 14.7 Å². The summed E-state index contributed by atoms with van der Waals surface area (Å²) in [5.74, 6) is -1.52. The molecule has 0 spiro atoms. The van der Waals surface area contributed by atoms with E-state index in [2.05, 4.69) is 17.2 Å². The number of carbonyl (C=O) groups excluding carboxylic acids is 1. The van der Waals surface area contributed by atoms with Crippen LogP contribution in [-0.2, 0) is 13.0 Å². The second-order valence-electron chi connectivity index (χ2n) is 4.12. The molecule has 0 aliphatic rings. The van der Waals surface area contributed by atoms with Gasteiger partial charge in [-0.1, -0.05) is 13.0 Å². The highest BCUT2D eigenvalue weighted by atomic mass is 32.1. The van der Waals surface area contributed by atoms with Crippen molar-refractivity contribution in [2.75, 3.05) is 0 Å². The van der Waals surface area contributed by atoms with E-state index < -0.39 is 5.97 Å². The van der Waals surface area contributed by atoms with Gasteiger partial charge in [-0.2, -0.15) is 0 Å². The van der Waals surface area contributed by atoms with Crippen molar-refractivity contribution in [2.24, 2.45) is 0 Å². The number of carbonyl (C=O) groups is 2.